The van der Waals surface area contributed by atoms with Crippen molar-refractivity contribution in [2.45, 2.75) is 38.1 Å². The number of nitrogens with zero attached hydrogens (tertiary/aromatic N) is 4. The van der Waals surface area contributed by atoms with Gasteiger partial charge in [0.25, 0.3) is 0 Å². The van der Waals surface area contributed by atoms with Crippen LogP contribution in [0.1, 0.15) is 33.2 Å². The first-order valence-corrected chi connectivity index (χ1v) is 17.5. The number of anilines is 1. The van der Waals surface area contributed by atoms with Gasteiger partial charge >= 0.3 is 11.9 Å². The van der Waals surface area contributed by atoms with Gasteiger partial charge in [0, 0.05) is 26.0 Å². The van der Waals surface area contributed by atoms with Crippen LogP contribution in [0.3, 0.4) is 0 Å². The molecule has 214 valence electrons. The summed E-state index contributed by atoms with van der Waals surface area (Å²) in [4.78, 5) is 38.7. The van der Waals surface area contributed by atoms with Crippen LogP contribution in [0.2, 0.25) is 25.7 Å². The maximum absolute atomic E-state index is 12.7. The molecule has 5 rings (SSSR count). The molecule has 1 aliphatic rings. The quantitative estimate of drug-likeness (QED) is 0.194. The normalized spacial score (nSPS) is 18.5. The number of ether oxygens (including phenoxy) is 3. The molecule has 0 aliphatic heterocycles. The van der Waals surface area contributed by atoms with E-state index in [2.05, 4.69) is 34.6 Å². The van der Waals surface area contributed by atoms with Gasteiger partial charge in [0.15, 0.2) is 11.2 Å². The number of hydrogen-bond acceptors (Lipinski definition) is 9. The molecule has 2 aromatic heterocycles. The van der Waals surface area contributed by atoms with Crippen LogP contribution >= 0.6 is 0 Å². The SMILES string of the molecule is C[Si](C)(C)CCOc1nc(N)nc2c1ncn2C1CC(COC(=O)c2ccccc2)C1COC(=O)c1ccccc1. The third kappa shape index (κ3) is 6.74. The monoisotopic (exact) mass is 573 g/mol. The van der Waals surface area contributed by atoms with Gasteiger partial charge < -0.3 is 24.5 Å². The molecular weight excluding hydrogens is 538 g/mol. The van der Waals surface area contributed by atoms with Crippen molar-refractivity contribution in [1.82, 2.24) is 19.5 Å². The van der Waals surface area contributed by atoms with Gasteiger partial charge in [-0.15, -0.1) is 0 Å². The molecule has 1 aliphatic carbocycles. The van der Waals surface area contributed by atoms with E-state index in [-0.39, 0.29) is 43.0 Å². The maximum Gasteiger partial charge on any atom is 0.338 e. The third-order valence-electron chi connectivity index (χ3n) is 7.35. The molecule has 41 heavy (non-hydrogen) atoms. The molecule has 10 nitrogen and oxygen atoms in total. The first kappa shape index (κ1) is 28.3. The number of aromatic nitrogens is 4. The number of imidazole rings is 1. The lowest BCUT2D eigenvalue weighted by Gasteiger charge is -2.44. The van der Waals surface area contributed by atoms with E-state index in [0.29, 0.717) is 41.2 Å². The number of carbonyl (C=O) groups is 2. The molecule has 2 aromatic carbocycles. The number of esters is 2. The van der Waals surface area contributed by atoms with Crippen LogP contribution in [-0.2, 0) is 9.47 Å². The average Bonchev–Trinajstić information content (AvgIpc) is 3.35. The van der Waals surface area contributed by atoms with Gasteiger partial charge in [-0.05, 0) is 36.7 Å². The van der Waals surface area contributed by atoms with Crippen molar-refractivity contribution in [3.8, 4) is 5.88 Å². The zero-order chi connectivity index (χ0) is 29.0. The highest BCUT2D eigenvalue weighted by atomic mass is 28.3. The number of rotatable bonds is 11. The molecule has 0 bridgehead atoms. The van der Waals surface area contributed by atoms with Gasteiger partial charge in [0.1, 0.15) is 0 Å². The van der Waals surface area contributed by atoms with Crippen LogP contribution < -0.4 is 10.5 Å². The number of carbonyl (C=O) groups excluding carboxylic acids is 2. The predicted molar refractivity (Wildman–Crippen MR) is 157 cm³/mol. The minimum absolute atomic E-state index is 0.0275. The van der Waals surface area contributed by atoms with Crippen LogP contribution in [0, 0.1) is 11.8 Å². The molecule has 0 amide bonds. The molecule has 1 fully saturated rings. The van der Waals surface area contributed by atoms with Crippen molar-refractivity contribution in [2.75, 3.05) is 25.6 Å². The summed E-state index contributed by atoms with van der Waals surface area (Å²) in [6.45, 7) is 7.72. The molecule has 1 saturated carbocycles. The van der Waals surface area contributed by atoms with Crippen molar-refractivity contribution < 1.29 is 23.8 Å². The zero-order valence-electron chi connectivity index (χ0n) is 23.5. The van der Waals surface area contributed by atoms with Gasteiger partial charge in [-0.1, -0.05) is 56.0 Å². The van der Waals surface area contributed by atoms with Crippen LogP contribution in [0.15, 0.2) is 67.0 Å². The van der Waals surface area contributed by atoms with E-state index in [1.165, 1.54) is 0 Å². The Morgan fingerprint density at radius 2 is 1.54 bits per heavy atom. The molecule has 4 aromatic rings. The number of benzene rings is 2. The predicted octanol–water partition coefficient (Wildman–Crippen LogP) is 5.02. The summed E-state index contributed by atoms with van der Waals surface area (Å²) < 4.78 is 19.3. The fourth-order valence-corrected chi connectivity index (χ4v) is 5.62. The average molecular weight is 574 g/mol. The lowest BCUT2D eigenvalue weighted by molar-refractivity contribution is -0.0308. The van der Waals surface area contributed by atoms with Gasteiger partial charge in [-0.3, -0.25) is 0 Å². The van der Waals surface area contributed by atoms with E-state index in [9.17, 15) is 9.59 Å². The van der Waals surface area contributed by atoms with E-state index >= 15 is 0 Å². The fourth-order valence-electron chi connectivity index (χ4n) is 4.91. The van der Waals surface area contributed by atoms with Crippen LogP contribution in [0.5, 0.6) is 5.88 Å². The van der Waals surface area contributed by atoms with E-state index in [4.69, 9.17) is 19.9 Å². The molecule has 0 spiro atoms. The van der Waals surface area contributed by atoms with E-state index < -0.39 is 14.0 Å². The molecule has 2 heterocycles. The Bertz CT molecular complexity index is 1510. The highest BCUT2D eigenvalue weighted by Gasteiger charge is 2.44. The Hall–Kier alpha value is -4.25. The molecule has 3 unspecified atom stereocenters. The van der Waals surface area contributed by atoms with Crippen molar-refractivity contribution >= 4 is 37.1 Å². The second kappa shape index (κ2) is 12.1. The number of nitrogens with two attached hydrogens (primary N) is 1. The van der Waals surface area contributed by atoms with Crippen molar-refractivity contribution in [3.63, 3.8) is 0 Å². The summed E-state index contributed by atoms with van der Waals surface area (Å²) >= 11 is 0. The van der Waals surface area contributed by atoms with Crippen molar-refractivity contribution in [3.05, 3.63) is 78.1 Å². The molecular formula is C30H35N5O5Si. The zero-order valence-corrected chi connectivity index (χ0v) is 24.5. The first-order valence-electron chi connectivity index (χ1n) is 13.8. The van der Waals surface area contributed by atoms with Crippen LogP contribution in [0.25, 0.3) is 11.2 Å². The topological polar surface area (TPSA) is 131 Å². The molecule has 2 N–H and O–H groups in total. The Morgan fingerprint density at radius 1 is 0.927 bits per heavy atom. The minimum Gasteiger partial charge on any atom is -0.476 e. The Balaban J connectivity index is 1.34. The largest absolute Gasteiger partial charge is 0.476 e. The number of fused-ring (bicyclic) bond motifs is 1. The van der Waals surface area contributed by atoms with E-state index in [0.717, 1.165) is 6.04 Å². The Morgan fingerprint density at radius 3 is 2.15 bits per heavy atom. The lowest BCUT2D eigenvalue weighted by Crippen LogP contribution is -2.44. The second-order valence-corrected chi connectivity index (χ2v) is 17.1. The highest BCUT2D eigenvalue weighted by Crippen LogP contribution is 2.46. The summed E-state index contributed by atoms with van der Waals surface area (Å²) in [5, 5.41) is 0. The lowest BCUT2D eigenvalue weighted by atomic mass is 9.69. The van der Waals surface area contributed by atoms with Gasteiger partial charge in [-0.25, -0.2) is 14.6 Å². The van der Waals surface area contributed by atoms with Crippen molar-refractivity contribution in [1.29, 1.82) is 0 Å². The Kier molecular flexibility index (Phi) is 8.34. The number of hydrogen-bond donors (Lipinski definition) is 1. The molecule has 0 saturated heterocycles. The highest BCUT2D eigenvalue weighted by molar-refractivity contribution is 6.76. The third-order valence-corrected chi connectivity index (χ3v) is 9.06. The van der Waals surface area contributed by atoms with Crippen LogP contribution in [0.4, 0.5) is 5.95 Å². The van der Waals surface area contributed by atoms with E-state index in [1.54, 1.807) is 54.9 Å². The molecule has 0 radical (unpaired) electrons. The first-order chi connectivity index (χ1) is 19.7. The van der Waals surface area contributed by atoms with Gasteiger partial charge in [0.05, 0.1) is 37.3 Å². The fraction of sp³-hybridized carbons (Fsp3) is 0.367. The van der Waals surface area contributed by atoms with Crippen LogP contribution in [-0.4, -0.2) is 59.4 Å². The van der Waals surface area contributed by atoms with E-state index in [1.807, 2.05) is 16.7 Å². The second-order valence-electron chi connectivity index (χ2n) is 11.5. The smallest absolute Gasteiger partial charge is 0.338 e. The number of nitrogen functional groups attached to an aromatic ring is 1. The molecule has 11 heteroatoms. The minimum atomic E-state index is -1.30. The molecule has 3 atom stereocenters. The van der Waals surface area contributed by atoms with Gasteiger partial charge in [0.2, 0.25) is 11.8 Å². The summed E-state index contributed by atoms with van der Waals surface area (Å²) in [5.41, 5.74) is 8.13. The van der Waals surface area contributed by atoms with Gasteiger partial charge in [-0.2, -0.15) is 9.97 Å². The standard InChI is InChI=1S/C30H35N5O5Si/c1-41(2,3)15-14-38-27-25-26(33-30(31)34-27)35(19-32-25)24-16-22(17-39-28(36)20-10-6-4-7-11-20)23(24)18-40-29(37)21-12-8-5-9-13-21/h4-13,19,22-24H,14-18H2,1-3H3,(H2,31,33,34). The summed E-state index contributed by atoms with van der Waals surface area (Å²) in [7, 11) is -1.30. The van der Waals surface area contributed by atoms with Crippen molar-refractivity contribution in [2.24, 2.45) is 11.8 Å². The summed E-state index contributed by atoms with van der Waals surface area (Å²) in [6, 6.07) is 18.6. The summed E-state index contributed by atoms with van der Waals surface area (Å²) in [6.07, 6.45) is 2.38. The Labute approximate surface area is 239 Å². The maximum atomic E-state index is 12.7. The summed E-state index contributed by atoms with van der Waals surface area (Å²) in [5.74, 6) is -0.498.